The average Bonchev–Trinajstić information content (AvgIpc) is 2.94. The molecule has 1 aromatic rings. The van der Waals surface area contributed by atoms with Crippen molar-refractivity contribution in [1.82, 2.24) is 10.2 Å². The van der Waals surface area contributed by atoms with Crippen LogP contribution < -0.4 is 5.32 Å². The van der Waals surface area contributed by atoms with Crippen molar-refractivity contribution in [2.24, 2.45) is 0 Å². The first-order valence-corrected chi connectivity index (χ1v) is 7.71. The van der Waals surface area contributed by atoms with E-state index in [-0.39, 0.29) is 5.97 Å². The van der Waals surface area contributed by atoms with Crippen molar-refractivity contribution in [1.29, 1.82) is 0 Å². The largest absolute Gasteiger partial charge is 0.467 e. The number of methoxy groups -OCH3 is 1. The van der Waals surface area contributed by atoms with E-state index in [1.54, 1.807) is 0 Å². The van der Waals surface area contributed by atoms with E-state index in [1.165, 1.54) is 20.0 Å². The van der Waals surface area contributed by atoms with Crippen LogP contribution in [0.25, 0.3) is 0 Å². The van der Waals surface area contributed by atoms with E-state index < -0.39 is 5.54 Å². The third-order valence-corrected chi connectivity index (χ3v) is 4.69. The Balaban J connectivity index is 2.21. The van der Waals surface area contributed by atoms with Crippen molar-refractivity contribution in [3.8, 4) is 0 Å². The average molecular weight is 290 g/mol. The first kappa shape index (κ1) is 16.0. The van der Waals surface area contributed by atoms with Crippen molar-refractivity contribution in [2.75, 3.05) is 27.2 Å². The summed E-state index contributed by atoms with van der Waals surface area (Å²) in [6.07, 6.45) is 3.21. The zero-order valence-electron chi connectivity index (χ0n) is 13.3. The molecule has 0 amide bonds. The molecule has 0 saturated carbocycles. The van der Waals surface area contributed by atoms with E-state index in [0.29, 0.717) is 12.5 Å². The summed E-state index contributed by atoms with van der Waals surface area (Å²) >= 11 is 0. The molecule has 0 aromatic heterocycles. The van der Waals surface area contributed by atoms with E-state index in [9.17, 15) is 4.79 Å². The summed E-state index contributed by atoms with van der Waals surface area (Å²) in [6, 6.07) is 10.5. The lowest BCUT2D eigenvalue weighted by Crippen LogP contribution is -2.50. The molecule has 4 heteroatoms. The molecule has 1 heterocycles. The lowest BCUT2D eigenvalue weighted by Gasteiger charge is -2.33. The SMILES string of the molecule is CNC(CCN1CCCC1C)(C(=O)OC)c1ccccc1. The van der Waals surface area contributed by atoms with Crippen molar-refractivity contribution in [3.05, 3.63) is 35.9 Å². The van der Waals surface area contributed by atoms with Crippen LogP contribution in [0.2, 0.25) is 0 Å². The Hall–Kier alpha value is -1.39. The van der Waals surface area contributed by atoms with Crippen LogP contribution in [-0.4, -0.2) is 44.2 Å². The van der Waals surface area contributed by atoms with Crippen LogP contribution in [0.3, 0.4) is 0 Å². The number of rotatable bonds is 6. The quantitative estimate of drug-likeness (QED) is 0.815. The van der Waals surface area contributed by atoms with Gasteiger partial charge in [0.2, 0.25) is 0 Å². The van der Waals surface area contributed by atoms with Crippen LogP contribution >= 0.6 is 0 Å². The molecule has 2 atom stereocenters. The number of hydrogen-bond donors (Lipinski definition) is 1. The second-order valence-corrected chi connectivity index (χ2v) is 5.79. The zero-order chi connectivity index (χ0) is 15.3. The maximum Gasteiger partial charge on any atom is 0.330 e. The topological polar surface area (TPSA) is 41.6 Å². The van der Waals surface area contributed by atoms with E-state index in [2.05, 4.69) is 17.1 Å². The first-order chi connectivity index (χ1) is 10.1. The second kappa shape index (κ2) is 7.05. The Labute approximate surface area is 127 Å². The van der Waals surface area contributed by atoms with Crippen LogP contribution in [0.5, 0.6) is 0 Å². The van der Waals surface area contributed by atoms with Crippen LogP contribution in [0.1, 0.15) is 31.7 Å². The molecule has 0 aliphatic carbocycles. The third kappa shape index (κ3) is 3.27. The Kier molecular flexibility index (Phi) is 5.37. The summed E-state index contributed by atoms with van der Waals surface area (Å²) in [7, 11) is 3.28. The fourth-order valence-electron chi connectivity index (χ4n) is 3.27. The minimum Gasteiger partial charge on any atom is -0.467 e. The Morgan fingerprint density at radius 3 is 2.67 bits per heavy atom. The number of nitrogens with one attached hydrogen (secondary N) is 1. The number of ether oxygens (including phenoxy) is 1. The molecule has 1 N–H and O–H groups in total. The highest BCUT2D eigenvalue weighted by atomic mass is 16.5. The normalized spacial score (nSPS) is 22.0. The van der Waals surface area contributed by atoms with Gasteiger partial charge in [0.05, 0.1) is 7.11 Å². The fraction of sp³-hybridized carbons (Fsp3) is 0.588. The van der Waals surface area contributed by atoms with Crippen molar-refractivity contribution < 1.29 is 9.53 Å². The van der Waals surface area contributed by atoms with E-state index in [0.717, 1.165) is 18.7 Å². The number of hydrogen-bond acceptors (Lipinski definition) is 4. The highest BCUT2D eigenvalue weighted by Crippen LogP contribution is 2.28. The number of carbonyl (C=O) groups is 1. The van der Waals surface area contributed by atoms with Crippen LogP contribution in [-0.2, 0) is 15.1 Å². The van der Waals surface area contributed by atoms with E-state index in [4.69, 9.17) is 4.74 Å². The minimum atomic E-state index is -0.766. The number of benzene rings is 1. The standard InChI is InChI=1S/C17H26N2O2/c1-14-8-7-12-19(14)13-11-17(18-2,16(20)21-3)15-9-5-4-6-10-15/h4-6,9-10,14,18H,7-8,11-13H2,1-3H3. The van der Waals surface area contributed by atoms with Gasteiger partial charge in [-0.2, -0.15) is 0 Å². The van der Waals surface area contributed by atoms with Gasteiger partial charge >= 0.3 is 5.97 Å². The van der Waals surface area contributed by atoms with Crippen LogP contribution in [0, 0.1) is 0 Å². The molecule has 1 aliphatic heterocycles. The number of carbonyl (C=O) groups excluding carboxylic acids is 1. The van der Waals surface area contributed by atoms with Gasteiger partial charge in [0.1, 0.15) is 5.54 Å². The Morgan fingerprint density at radius 1 is 1.43 bits per heavy atom. The van der Waals surface area contributed by atoms with Gasteiger partial charge < -0.3 is 15.0 Å². The number of likely N-dealkylation sites (tertiary alicyclic amines) is 1. The van der Waals surface area contributed by atoms with Gasteiger partial charge in [0, 0.05) is 12.6 Å². The molecule has 1 fully saturated rings. The molecule has 2 rings (SSSR count). The van der Waals surface area contributed by atoms with Crippen molar-refractivity contribution in [3.63, 3.8) is 0 Å². The second-order valence-electron chi connectivity index (χ2n) is 5.79. The number of nitrogens with zero attached hydrogens (tertiary/aromatic N) is 1. The number of likely N-dealkylation sites (N-methyl/N-ethyl adjacent to an activating group) is 1. The predicted octanol–water partition coefficient (Wildman–Crippen LogP) is 2.15. The lowest BCUT2D eigenvalue weighted by atomic mass is 9.86. The molecule has 4 nitrogen and oxygen atoms in total. The van der Waals surface area contributed by atoms with E-state index in [1.807, 2.05) is 37.4 Å². The molecule has 21 heavy (non-hydrogen) atoms. The monoisotopic (exact) mass is 290 g/mol. The van der Waals surface area contributed by atoms with Gasteiger partial charge in [-0.15, -0.1) is 0 Å². The molecular weight excluding hydrogens is 264 g/mol. The molecule has 0 radical (unpaired) electrons. The van der Waals surface area contributed by atoms with Crippen LogP contribution in [0.15, 0.2) is 30.3 Å². The summed E-state index contributed by atoms with van der Waals surface area (Å²) in [5.41, 5.74) is 0.199. The molecule has 116 valence electrons. The van der Waals surface area contributed by atoms with Gasteiger partial charge in [-0.3, -0.25) is 0 Å². The summed E-state index contributed by atoms with van der Waals surface area (Å²) in [5, 5.41) is 3.22. The van der Waals surface area contributed by atoms with Crippen molar-refractivity contribution in [2.45, 2.75) is 37.8 Å². The fourth-order valence-corrected chi connectivity index (χ4v) is 3.27. The smallest absolute Gasteiger partial charge is 0.330 e. The molecule has 0 bridgehead atoms. The highest BCUT2D eigenvalue weighted by Gasteiger charge is 2.40. The molecule has 1 aromatic carbocycles. The Bertz CT molecular complexity index is 463. The molecule has 1 aliphatic rings. The van der Waals surface area contributed by atoms with Crippen LogP contribution in [0.4, 0.5) is 0 Å². The maximum atomic E-state index is 12.4. The summed E-state index contributed by atoms with van der Waals surface area (Å²) < 4.78 is 5.08. The molecular formula is C17H26N2O2. The molecule has 0 spiro atoms. The van der Waals surface area contributed by atoms with E-state index >= 15 is 0 Å². The van der Waals surface area contributed by atoms with Gasteiger partial charge in [-0.1, -0.05) is 30.3 Å². The van der Waals surface area contributed by atoms with Gasteiger partial charge in [-0.05, 0) is 45.3 Å². The maximum absolute atomic E-state index is 12.4. The molecule has 1 saturated heterocycles. The molecule has 2 unspecified atom stereocenters. The summed E-state index contributed by atoms with van der Waals surface area (Å²) in [4.78, 5) is 14.9. The number of esters is 1. The minimum absolute atomic E-state index is 0.219. The third-order valence-electron chi connectivity index (χ3n) is 4.69. The van der Waals surface area contributed by atoms with Gasteiger partial charge in [-0.25, -0.2) is 4.79 Å². The zero-order valence-corrected chi connectivity index (χ0v) is 13.3. The van der Waals surface area contributed by atoms with Crippen molar-refractivity contribution >= 4 is 5.97 Å². The first-order valence-electron chi connectivity index (χ1n) is 7.71. The Morgan fingerprint density at radius 2 is 2.14 bits per heavy atom. The predicted molar refractivity (Wildman–Crippen MR) is 84.1 cm³/mol. The van der Waals surface area contributed by atoms with Gasteiger partial charge in [0.25, 0.3) is 0 Å². The highest BCUT2D eigenvalue weighted by molar-refractivity contribution is 5.82. The summed E-state index contributed by atoms with van der Waals surface area (Å²) in [5.74, 6) is -0.219. The lowest BCUT2D eigenvalue weighted by molar-refractivity contribution is -0.149. The van der Waals surface area contributed by atoms with Gasteiger partial charge in [0.15, 0.2) is 0 Å². The summed E-state index contributed by atoms with van der Waals surface area (Å²) in [6.45, 7) is 4.28.